The summed E-state index contributed by atoms with van der Waals surface area (Å²) >= 11 is 0. The SMILES string of the molecule is COC(=O)C1(CN)CNC1. The fourth-order valence-electron chi connectivity index (χ4n) is 1.02. The molecule has 0 spiro atoms. The molecule has 58 valence electrons. The number of nitrogens with two attached hydrogens (primary N) is 1. The predicted molar refractivity (Wildman–Crippen MR) is 36.4 cm³/mol. The van der Waals surface area contributed by atoms with E-state index in [1.807, 2.05) is 0 Å². The summed E-state index contributed by atoms with van der Waals surface area (Å²) < 4.78 is 4.59. The summed E-state index contributed by atoms with van der Waals surface area (Å²) in [5, 5.41) is 2.99. The molecule has 0 radical (unpaired) electrons. The summed E-state index contributed by atoms with van der Waals surface area (Å²) in [7, 11) is 1.39. The molecule has 0 aromatic carbocycles. The lowest BCUT2D eigenvalue weighted by molar-refractivity contribution is -0.155. The van der Waals surface area contributed by atoms with Gasteiger partial charge in [0.25, 0.3) is 0 Å². The lowest BCUT2D eigenvalue weighted by atomic mass is 9.82. The molecule has 1 saturated heterocycles. The van der Waals surface area contributed by atoms with Gasteiger partial charge in [-0.05, 0) is 0 Å². The van der Waals surface area contributed by atoms with Crippen molar-refractivity contribution in [2.45, 2.75) is 0 Å². The van der Waals surface area contributed by atoms with E-state index in [0.717, 1.165) is 0 Å². The smallest absolute Gasteiger partial charge is 0.315 e. The van der Waals surface area contributed by atoms with Crippen molar-refractivity contribution in [1.29, 1.82) is 0 Å². The molecule has 1 aliphatic rings. The molecule has 0 aliphatic carbocycles. The van der Waals surface area contributed by atoms with Crippen LogP contribution in [0.4, 0.5) is 0 Å². The Kier molecular flexibility index (Phi) is 1.92. The number of carbonyl (C=O) groups is 1. The van der Waals surface area contributed by atoms with Crippen LogP contribution in [0.1, 0.15) is 0 Å². The van der Waals surface area contributed by atoms with Gasteiger partial charge >= 0.3 is 5.97 Å². The van der Waals surface area contributed by atoms with Crippen LogP contribution in [0.25, 0.3) is 0 Å². The van der Waals surface area contributed by atoms with Crippen LogP contribution in [0.5, 0.6) is 0 Å². The number of carbonyl (C=O) groups excluding carboxylic acids is 1. The zero-order valence-corrected chi connectivity index (χ0v) is 6.02. The fourth-order valence-corrected chi connectivity index (χ4v) is 1.02. The van der Waals surface area contributed by atoms with Crippen molar-refractivity contribution in [2.75, 3.05) is 26.7 Å². The minimum absolute atomic E-state index is 0.200. The molecule has 4 nitrogen and oxygen atoms in total. The molecular weight excluding hydrogens is 132 g/mol. The molecule has 10 heavy (non-hydrogen) atoms. The molecule has 1 heterocycles. The van der Waals surface area contributed by atoms with Crippen LogP contribution in [-0.4, -0.2) is 32.7 Å². The van der Waals surface area contributed by atoms with Gasteiger partial charge in [0.1, 0.15) is 5.41 Å². The number of esters is 1. The second kappa shape index (κ2) is 2.56. The zero-order valence-electron chi connectivity index (χ0n) is 6.02. The summed E-state index contributed by atoms with van der Waals surface area (Å²) in [4.78, 5) is 11.0. The van der Waals surface area contributed by atoms with Gasteiger partial charge in [-0.2, -0.15) is 0 Å². The largest absolute Gasteiger partial charge is 0.468 e. The van der Waals surface area contributed by atoms with Gasteiger partial charge in [0.2, 0.25) is 0 Å². The fraction of sp³-hybridized carbons (Fsp3) is 0.833. The second-order valence-corrected chi connectivity index (χ2v) is 2.58. The highest BCUT2D eigenvalue weighted by Crippen LogP contribution is 2.21. The molecule has 0 bridgehead atoms. The maximum absolute atomic E-state index is 11.0. The Morgan fingerprint density at radius 2 is 2.40 bits per heavy atom. The van der Waals surface area contributed by atoms with Crippen molar-refractivity contribution in [3.8, 4) is 0 Å². The normalized spacial score (nSPS) is 21.4. The number of nitrogens with one attached hydrogen (secondary N) is 1. The van der Waals surface area contributed by atoms with E-state index in [9.17, 15) is 4.79 Å². The average molecular weight is 144 g/mol. The Morgan fingerprint density at radius 1 is 1.80 bits per heavy atom. The van der Waals surface area contributed by atoms with Crippen LogP contribution in [0, 0.1) is 5.41 Å². The molecular formula is C6H12N2O2. The molecule has 0 unspecified atom stereocenters. The van der Waals surface area contributed by atoms with Gasteiger partial charge in [0.05, 0.1) is 7.11 Å². The van der Waals surface area contributed by atoms with E-state index in [1.54, 1.807) is 0 Å². The van der Waals surface area contributed by atoms with Gasteiger partial charge in [-0.1, -0.05) is 0 Å². The Bertz CT molecular complexity index is 137. The molecule has 1 rings (SSSR count). The number of hydrogen-bond donors (Lipinski definition) is 2. The molecule has 3 N–H and O–H groups in total. The molecule has 0 saturated carbocycles. The quantitative estimate of drug-likeness (QED) is 0.473. The first-order chi connectivity index (χ1) is 4.75. The van der Waals surface area contributed by atoms with Crippen molar-refractivity contribution in [3.63, 3.8) is 0 Å². The van der Waals surface area contributed by atoms with Gasteiger partial charge in [-0.25, -0.2) is 0 Å². The third kappa shape index (κ3) is 0.892. The molecule has 4 heteroatoms. The Balaban J connectivity index is 2.55. The third-order valence-corrected chi connectivity index (χ3v) is 1.94. The second-order valence-electron chi connectivity index (χ2n) is 2.58. The van der Waals surface area contributed by atoms with Gasteiger partial charge in [0, 0.05) is 19.6 Å². The topological polar surface area (TPSA) is 64.3 Å². The van der Waals surface area contributed by atoms with E-state index in [4.69, 9.17) is 5.73 Å². The van der Waals surface area contributed by atoms with Crippen molar-refractivity contribution < 1.29 is 9.53 Å². The maximum atomic E-state index is 11.0. The van der Waals surface area contributed by atoms with Crippen molar-refractivity contribution in [3.05, 3.63) is 0 Å². The highest BCUT2D eigenvalue weighted by Gasteiger charge is 2.44. The highest BCUT2D eigenvalue weighted by molar-refractivity contribution is 5.78. The first kappa shape index (κ1) is 7.50. The zero-order chi connectivity index (χ0) is 7.61. The monoisotopic (exact) mass is 144 g/mol. The van der Waals surface area contributed by atoms with E-state index in [-0.39, 0.29) is 5.97 Å². The van der Waals surface area contributed by atoms with E-state index in [2.05, 4.69) is 10.1 Å². The van der Waals surface area contributed by atoms with Crippen molar-refractivity contribution in [1.82, 2.24) is 5.32 Å². The summed E-state index contributed by atoms with van der Waals surface area (Å²) in [6, 6.07) is 0. The van der Waals surface area contributed by atoms with E-state index >= 15 is 0 Å². The van der Waals surface area contributed by atoms with Gasteiger partial charge in [-0.3, -0.25) is 4.79 Å². The average Bonchev–Trinajstić information content (AvgIpc) is 1.86. The molecule has 0 atom stereocenters. The van der Waals surface area contributed by atoms with E-state index in [0.29, 0.717) is 19.6 Å². The summed E-state index contributed by atoms with van der Waals surface area (Å²) in [6.07, 6.45) is 0. The van der Waals surface area contributed by atoms with Crippen LogP contribution in [0.15, 0.2) is 0 Å². The van der Waals surface area contributed by atoms with Crippen LogP contribution >= 0.6 is 0 Å². The molecule has 1 aliphatic heterocycles. The number of ether oxygens (including phenoxy) is 1. The molecule has 0 aromatic heterocycles. The third-order valence-electron chi connectivity index (χ3n) is 1.94. The van der Waals surface area contributed by atoms with Crippen LogP contribution in [0.3, 0.4) is 0 Å². The standard InChI is InChI=1S/C6H12N2O2/c1-10-5(9)6(2-7)3-8-4-6/h8H,2-4,7H2,1H3. The Morgan fingerprint density at radius 3 is 2.50 bits per heavy atom. The lowest BCUT2D eigenvalue weighted by Gasteiger charge is -2.38. The minimum atomic E-state index is -0.422. The molecule has 0 amide bonds. The maximum Gasteiger partial charge on any atom is 0.315 e. The van der Waals surface area contributed by atoms with Crippen LogP contribution < -0.4 is 11.1 Å². The highest BCUT2D eigenvalue weighted by atomic mass is 16.5. The van der Waals surface area contributed by atoms with Gasteiger partial charge in [-0.15, -0.1) is 0 Å². The number of hydrogen-bond acceptors (Lipinski definition) is 4. The summed E-state index contributed by atoms with van der Waals surface area (Å²) in [5.74, 6) is -0.200. The Labute approximate surface area is 59.7 Å². The predicted octanol–water partition coefficient (Wildman–Crippen LogP) is -1.29. The van der Waals surface area contributed by atoms with E-state index < -0.39 is 5.41 Å². The van der Waals surface area contributed by atoms with Gasteiger partial charge in [0.15, 0.2) is 0 Å². The van der Waals surface area contributed by atoms with E-state index in [1.165, 1.54) is 7.11 Å². The lowest BCUT2D eigenvalue weighted by Crippen LogP contribution is -2.62. The van der Waals surface area contributed by atoms with Crippen molar-refractivity contribution >= 4 is 5.97 Å². The minimum Gasteiger partial charge on any atom is -0.468 e. The summed E-state index contributed by atoms with van der Waals surface area (Å²) in [6.45, 7) is 1.67. The van der Waals surface area contributed by atoms with Crippen LogP contribution in [0.2, 0.25) is 0 Å². The number of rotatable bonds is 2. The molecule has 1 fully saturated rings. The summed E-state index contributed by atoms with van der Waals surface area (Å²) in [5.41, 5.74) is 4.98. The van der Waals surface area contributed by atoms with Gasteiger partial charge < -0.3 is 15.8 Å². The first-order valence-electron chi connectivity index (χ1n) is 3.24. The molecule has 0 aromatic rings. The van der Waals surface area contributed by atoms with Crippen molar-refractivity contribution in [2.24, 2.45) is 11.1 Å². The number of methoxy groups -OCH3 is 1. The van der Waals surface area contributed by atoms with Crippen LogP contribution in [-0.2, 0) is 9.53 Å². The first-order valence-corrected chi connectivity index (χ1v) is 3.24. The Hall–Kier alpha value is -0.610.